The van der Waals surface area contributed by atoms with E-state index in [1.165, 1.54) is 6.42 Å². The van der Waals surface area contributed by atoms with Gasteiger partial charge in [0.1, 0.15) is 0 Å². The second kappa shape index (κ2) is 4.99. The summed E-state index contributed by atoms with van der Waals surface area (Å²) in [5.41, 5.74) is 0. The van der Waals surface area contributed by atoms with Crippen LogP contribution in [0.2, 0.25) is 0 Å². The molecule has 4 nitrogen and oxygen atoms in total. The first-order valence-electron chi connectivity index (χ1n) is 5.43. The minimum absolute atomic E-state index is 0.287. The van der Waals surface area contributed by atoms with Crippen molar-refractivity contribution < 1.29 is 4.52 Å². The first-order valence-corrected chi connectivity index (χ1v) is 6.48. The molecule has 1 N–H and O–H groups in total. The van der Waals surface area contributed by atoms with Crippen molar-refractivity contribution in [3.63, 3.8) is 0 Å². The summed E-state index contributed by atoms with van der Waals surface area (Å²) in [6.45, 7) is 5.40. The Kier molecular flexibility index (Phi) is 3.64. The van der Waals surface area contributed by atoms with E-state index in [9.17, 15) is 0 Å². The van der Waals surface area contributed by atoms with Gasteiger partial charge in [-0.25, -0.2) is 0 Å². The first-order chi connectivity index (χ1) is 7.25. The van der Waals surface area contributed by atoms with E-state index >= 15 is 0 Å². The van der Waals surface area contributed by atoms with Crippen LogP contribution in [0.5, 0.6) is 0 Å². The largest absolute Gasteiger partial charge is 0.338 e. The molecule has 1 aliphatic heterocycles. The third kappa shape index (κ3) is 2.95. The predicted octanol–water partition coefficient (Wildman–Crippen LogP) is 2.14. The Morgan fingerprint density at radius 2 is 2.47 bits per heavy atom. The summed E-state index contributed by atoms with van der Waals surface area (Å²) in [4.78, 5) is 4.40. The number of aromatic nitrogens is 2. The van der Waals surface area contributed by atoms with E-state index in [1.807, 2.05) is 11.8 Å². The van der Waals surface area contributed by atoms with Crippen LogP contribution >= 0.6 is 11.8 Å². The molecular formula is C10H17N3OS. The molecule has 0 bridgehead atoms. The maximum atomic E-state index is 5.24. The van der Waals surface area contributed by atoms with E-state index in [0.717, 1.165) is 30.4 Å². The van der Waals surface area contributed by atoms with Crippen LogP contribution in [0.3, 0.4) is 0 Å². The van der Waals surface area contributed by atoms with E-state index in [1.54, 1.807) is 0 Å². The van der Waals surface area contributed by atoms with E-state index in [2.05, 4.69) is 29.3 Å². The Bertz CT molecular complexity index is 307. The van der Waals surface area contributed by atoms with Crippen molar-refractivity contribution in [2.24, 2.45) is 0 Å². The summed E-state index contributed by atoms with van der Waals surface area (Å²) < 4.78 is 5.24. The molecule has 84 valence electrons. The summed E-state index contributed by atoms with van der Waals surface area (Å²) in [6, 6.07) is 0.287. The van der Waals surface area contributed by atoms with Gasteiger partial charge in [-0.1, -0.05) is 19.0 Å². The van der Waals surface area contributed by atoms with Crippen LogP contribution in [0.25, 0.3) is 0 Å². The van der Waals surface area contributed by atoms with Crippen molar-refractivity contribution in [3.8, 4) is 0 Å². The molecule has 2 rings (SSSR count). The predicted molar refractivity (Wildman–Crippen MR) is 60.7 cm³/mol. The van der Waals surface area contributed by atoms with Gasteiger partial charge in [0, 0.05) is 0 Å². The molecule has 15 heavy (non-hydrogen) atoms. The molecule has 0 amide bonds. The fraction of sp³-hybridized carbons (Fsp3) is 0.800. The minimum Gasteiger partial charge on any atom is -0.338 e. The molecule has 0 aliphatic carbocycles. The quantitative estimate of drug-likeness (QED) is 0.854. The Hall–Kier alpha value is -0.550. The summed E-state index contributed by atoms with van der Waals surface area (Å²) in [6.07, 6.45) is 2.31. The average molecular weight is 227 g/mol. The molecular weight excluding hydrogens is 210 g/mol. The van der Waals surface area contributed by atoms with Gasteiger partial charge in [0.25, 0.3) is 0 Å². The van der Waals surface area contributed by atoms with Crippen molar-refractivity contribution >= 4 is 11.8 Å². The Labute approximate surface area is 94.2 Å². The molecule has 1 unspecified atom stereocenters. The Morgan fingerprint density at radius 3 is 3.13 bits per heavy atom. The van der Waals surface area contributed by atoms with Crippen LogP contribution in [0.1, 0.15) is 44.4 Å². The lowest BCUT2D eigenvalue weighted by Crippen LogP contribution is -2.13. The Balaban J connectivity index is 1.91. The average Bonchev–Trinajstić information content (AvgIpc) is 2.85. The standard InChI is InChI=1S/C10H17N3OS/c1-7(2)15-6-9-12-10(14-13-9)8-4-3-5-11-8/h7-8,11H,3-6H2,1-2H3. The number of rotatable bonds is 4. The molecule has 0 saturated carbocycles. The molecule has 2 heterocycles. The lowest BCUT2D eigenvalue weighted by molar-refractivity contribution is 0.342. The molecule has 1 atom stereocenters. The summed E-state index contributed by atoms with van der Waals surface area (Å²) >= 11 is 1.83. The van der Waals surface area contributed by atoms with Crippen LogP contribution in [-0.4, -0.2) is 21.9 Å². The SMILES string of the molecule is CC(C)SCc1noc(C2CCCN2)n1. The molecule has 0 aromatic carbocycles. The normalized spacial score (nSPS) is 21.4. The molecule has 1 aromatic rings. The van der Waals surface area contributed by atoms with Crippen LogP contribution in [0, 0.1) is 0 Å². The van der Waals surface area contributed by atoms with Crippen LogP contribution in [-0.2, 0) is 5.75 Å². The fourth-order valence-corrected chi connectivity index (χ4v) is 2.20. The highest BCUT2D eigenvalue weighted by Gasteiger charge is 2.22. The lowest BCUT2D eigenvalue weighted by atomic mass is 10.2. The molecule has 5 heteroatoms. The van der Waals surface area contributed by atoms with Gasteiger partial charge in [0.2, 0.25) is 5.89 Å². The summed E-state index contributed by atoms with van der Waals surface area (Å²) in [7, 11) is 0. The van der Waals surface area contributed by atoms with Gasteiger partial charge in [-0.2, -0.15) is 16.7 Å². The third-order valence-corrected chi connectivity index (χ3v) is 3.48. The Morgan fingerprint density at radius 1 is 1.60 bits per heavy atom. The van der Waals surface area contributed by atoms with Crippen molar-refractivity contribution in [1.29, 1.82) is 0 Å². The zero-order valence-corrected chi connectivity index (χ0v) is 10.0. The van der Waals surface area contributed by atoms with Crippen molar-refractivity contribution in [1.82, 2.24) is 15.5 Å². The second-order valence-electron chi connectivity index (χ2n) is 4.06. The topological polar surface area (TPSA) is 51.0 Å². The van der Waals surface area contributed by atoms with Gasteiger partial charge in [0.05, 0.1) is 11.8 Å². The van der Waals surface area contributed by atoms with E-state index in [-0.39, 0.29) is 6.04 Å². The van der Waals surface area contributed by atoms with Crippen molar-refractivity contribution in [2.45, 2.75) is 43.7 Å². The summed E-state index contributed by atoms with van der Waals surface area (Å²) in [5.74, 6) is 2.41. The van der Waals surface area contributed by atoms with Crippen LogP contribution < -0.4 is 5.32 Å². The van der Waals surface area contributed by atoms with Gasteiger partial charge in [-0.15, -0.1) is 0 Å². The molecule has 1 fully saturated rings. The number of nitrogens with one attached hydrogen (secondary N) is 1. The number of hydrogen-bond acceptors (Lipinski definition) is 5. The van der Waals surface area contributed by atoms with E-state index in [4.69, 9.17) is 4.52 Å². The minimum atomic E-state index is 0.287. The molecule has 0 spiro atoms. The highest BCUT2D eigenvalue weighted by Crippen LogP contribution is 2.22. The zero-order chi connectivity index (χ0) is 10.7. The van der Waals surface area contributed by atoms with E-state index < -0.39 is 0 Å². The van der Waals surface area contributed by atoms with Gasteiger partial charge >= 0.3 is 0 Å². The molecule has 0 radical (unpaired) electrons. The lowest BCUT2D eigenvalue weighted by Gasteiger charge is -2.01. The second-order valence-corrected chi connectivity index (χ2v) is 5.62. The van der Waals surface area contributed by atoms with Gasteiger partial charge in [-0.05, 0) is 24.6 Å². The van der Waals surface area contributed by atoms with Crippen LogP contribution in [0.4, 0.5) is 0 Å². The smallest absolute Gasteiger partial charge is 0.243 e. The number of nitrogens with zero attached hydrogens (tertiary/aromatic N) is 2. The maximum absolute atomic E-state index is 5.24. The highest BCUT2D eigenvalue weighted by atomic mass is 32.2. The van der Waals surface area contributed by atoms with Crippen molar-refractivity contribution in [2.75, 3.05) is 6.54 Å². The number of thioether (sulfide) groups is 1. The monoisotopic (exact) mass is 227 g/mol. The maximum Gasteiger partial charge on any atom is 0.243 e. The summed E-state index contributed by atoms with van der Waals surface area (Å²) in [5, 5.41) is 7.94. The number of hydrogen-bond donors (Lipinski definition) is 1. The zero-order valence-electron chi connectivity index (χ0n) is 9.19. The molecule has 1 saturated heterocycles. The third-order valence-electron chi connectivity index (χ3n) is 2.39. The molecule has 1 aromatic heterocycles. The van der Waals surface area contributed by atoms with Gasteiger partial charge in [-0.3, -0.25) is 0 Å². The first kappa shape index (κ1) is 11.0. The van der Waals surface area contributed by atoms with Gasteiger partial charge < -0.3 is 9.84 Å². The fourth-order valence-electron chi connectivity index (χ4n) is 1.60. The van der Waals surface area contributed by atoms with E-state index in [0.29, 0.717) is 5.25 Å². The molecule has 1 aliphatic rings. The van der Waals surface area contributed by atoms with Crippen LogP contribution in [0.15, 0.2) is 4.52 Å². The van der Waals surface area contributed by atoms with Crippen molar-refractivity contribution in [3.05, 3.63) is 11.7 Å². The van der Waals surface area contributed by atoms with Gasteiger partial charge in [0.15, 0.2) is 5.82 Å². The highest BCUT2D eigenvalue weighted by molar-refractivity contribution is 7.99.